The highest BCUT2D eigenvalue weighted by Gasteiger charge is 2.26. The minimum atomic E-state index is -0.345. The zero-order chi connectivity index (χ0) is 19.0. The molecule has 140 valence electrons. The average Bonchev–Trinajstić information content (AvgIpc) is 3.28. The highest BCUT2D eigenvalue weighted by molar-refractivity contribution is 6.06. The molecule has 0 fully saturated rings. The predicted octanol–water partition coefficient (Wildman–Crippen LogP) is 2.27. The summed E-state index contributed by atoms with van der Waals surface area (Å²) in [6, 6.07) is 4.34. The summed E-state index contributed by atoms with van der Waals surface area (Å²) in [5.41, 5.74) is 2.09. The lowest BCUT2D eigenvalue weighted by molar-refractivity contribution is -0.140. The van der Waals surface area contributed by atoms with Gasteiger partial charge >= 0.3 is 5.97 Å². The molecule has 1 aliphatic heterocycles. The van der Waals surface area contributed by atoms with Crippen LogP contribution in [-0.2, 0) is 29.0 Å². The summed E-state index contributed by atoms with van der Waals surface area (Å²) in [7, 11) is 1.37. The van der Waals surface area contributed by atoms with Gasteiger partial charge < -0.3 is 19.2 Å². The molecule has 0 atom stereocenters. The number of benzene rings is 1. The summed E-state index contributed by atoms with van der Waals surface area (Å²) >= 11 is 0. The van der Waals surface area contributed by atoms with Gasteiger partial charge in [0.25, 0.3) is 5.91 Å². The van der Waals surface area contributed by atoms with Crippen molar-refractivity contribution in [1.29, 1.82) is 0 Å². The number of rotatable bonds is 4. The number of carbonyl (C=O) groups is 2. The number of nitrogens with one attached hydrogen (secondary N) is 1. The van der Waals surface area contributed by atoms with E-state index in [0.717, 1.165) is 11.5 Å². The molecule has 0 aliphatic carbocycles. The maximum Gasteiger partial charge on any atom is 0.305 e. The second kappa shape index (κ2) is 6.86. The number of H-pyrrole nitrogens is 1. The third-order valence-electron chi connectivity index (χ3n) is 4.92. The Bertz CT molecular complexity index is 1020. The smallest absolute Gasteiger partial charge is 0.305 e. The summed E-state index contributed by atoms with van der Waals surface area (Å²) < 4.78 is 20.1. The maximum absolute atomic E-state index is 13.3. The van der Waals surface area contributed by atoms with Crippen LogP contribution in [0.4, 0.5) is 4.39 Å². The van der Waals surface area contributed by atoms with Gasteiger partial charge in [-0.25, -0.2) is 9.37 Å². The Labute approximate surface area is 154 Å². The largest absolute Gasteiger partial charge is 0.469 e. The van der Waals surface area contributed by atoms with Crippen molar-refractivity contribution in [3.05, 3.63) is 53.5 Å². The zero-order valence-electron chi connectivity index (χ0n) is 14.9. The molecule has 3 aromatic rings. The van der Waals surface area contributed by atoms with Gasteiger partial charge in [0, 0.05) is 42.1 Å². The lowest BCUT2D eigenvalue weighted by Crippen LogP contribution is -2.38. The molecule has 4 rings (SSSR count). The third-order valence-corrected chi connectivity index (χ3v) is 4.92. The molecule has 0 saturated carbocycles. The van der Waals surface area contributed by atoms with Crippen LogP contribution in [0, 0.1) is 5.82 Å². The van der Waals surface area contributed by atoms with E-state index in [4.69, 9.17) is 0 Å². The first-order valence-electron chi connectivity index (χ1n) is 8.73. The van der Waals surface area contributed by atoms with Gasteiger partial charge in [-0.3, -0.25) is 9.59 Å². The lowest BCUT2D eigenvalue weighted by atomic mass is 10.1. The molecule has 0 saturated heterocycles. The Balaban J connectivity index is 1.51. The first-order chi connectivity index (χ1) is 13.1. The molecule has 0 radical (unpaired) electrons. The van der Waals surface area contributed by atoms with Crippen LogP contribution in [0.2, 0.25) is 0 Å². The second-order valence-corrected chi connectivity index (χ2v) is 6.51. The Morgan fingerprint density at radius 2 is 2.19 bits per heavy atom. The fourth-order valence-electron chi connectivity index (χ4n) is 3.47. The standard InChI is InChI=1S/C19H19FN4O3/c1-27-18(25)5-3-13-9-22-17-11-23(6-7-24(13)17)19(26)15-10-21-16-8-12(20)2-4-14(15)16/h2,4,8-10,21H,3,5-7,11H2,1H3. The fraction of sp³-hybridized carbons (Fsp3) is 0.316. The first kappa shape index (κ1) is 17.3. The Morgan fingerprint density at radius 3 is 3.00 bits per heavy atom. The van der Waals surface area contributed by atoms with Gasteiger partial charge in [-0.05, 0) is 24.6 Å². The van der Waals surface area contributed by atoms with E-state index >= 15 is 0 Å². The number of hydrogen-bond acceptors (Lipinski definition) is 4. The molecule has 27 heavy (non-hydrogen) atoms. The molecule has 1 amide bonds. The lowest BCUT2D eigenvalue weighted by Gasteiger charge is -2.28. The van der Waals surface area contributed by atoms with Crippen LogP contribution >= 0.6 is 0 Å². The number of aromatic nitrogens is 3. The van der Waals surface area contributed by atoms with Crippen LogP contribution in [0.15, 0.2) is 30.6 Å². The predicted molar refractivity (Wildman–Crippen MR) is 95.6 cm³/mol. The van der Waals surface area contributed by atoms with Crippen molar-refractivity contribution in [3.63, 3.8) is 0 Å². The zero-order valence-corrected chi connectivity index (χ0v) is 14.9. The highest BCUT2D eigenvalue weighted by Crippen LogP contribution is 2.23. The van der Waals surface area contributed by atoms with Crippen molar-refractivity contribution in [2.24, 2.45) is 0 Å². The summed E-state index contributed by atoms with van der Waals surface area (Å²) in [6.45, 7) is 1.56. The topological polar surface area (TPSA) is 80.2 Å². The number of halogens is 1. The van der Waals surface area contributed by atoms with Crippen molar-refractivity contribution in [1.82, 2.24) is 19.4 Å². The molecular weight excluding hydrogens is 351 g/mol. The van der Waals surface area contributed by atoms with Gasteiger partial charge in [0.1, 0.15) is 11.6 Å². The van der Waals surface area contributed by atoms with Crippen LogP contribution in [0.5, 0.6) is 0 Å². The van der Waals surface area contributed by atoms with E-state index in [-0.39, 0.29) is 17.7 Å². The average molecular weight is 370 g/mol. The van der Waals surface area contributed by atoms with Gasteiger partial charge in [0.05, 0.1) is 25.6 Å². The van der Waals surface area contributed by atoms with E-state index < -0.39 is 0 Å². The van der Waals surface area contributed by atoms with Crippen LogP contribution in [0.1, 0.15) is 28.3 Å². The highest BCUT2D eigenvalue weighted by atomic mass is 19.1. The molecule has 2 aromatic heterocycles. The molecule has 1 N–H and O–H groups in total. The van der Waals surface area contributed by atoms with Crippen molar-refractivity contribution in [2.75, 3.05) is 13.7 Å². The van der Waals surface area contributed by atoms with E-state index in [9.17, 15) is 14.0 Å². The summed E-state index contributed by atoms with van der Waals surface area (Å²) in [5.74, 6) is 0.0790. The fourth-order valence-corrected chi connectivity index (χ4v) is 3.47. The molecule has 7 nitrogen and oxygen atoms in total. The summed E-state index contributed by atoms with van der Waals surface area (Å²) in [6.07, 6.45) is 4.23. The number of carbonyl (C=O) groups excluding carboxylic acids is 2. The molecule has 3 heterocycles. The summed E-state index contributed by atoms with van der Waals surface area (Å²) in [4.78, 5) is 33.4. The van der Waals surface area contributed by atoms with Gasteiger partial charge in [0.2, 0.25) is 0 Å². The van der Waals surface area contributed by atoms with Crippen LogP contribution in [0.25, 0.3) is 10.9 Å². The van der Waals surface area contributed by atoms with E-state index in [1.165, 1.54) is 19.2 Å². The van der Waals surface area contributed by atoms with Crippen molar-refractivity contribution in [3.8, 4) is 0 Å². The number of aromatic amines is 1. The Morgan fingerprint density at radius 1 is 1.33 bits per heavy atom. The quantitative estimate of drug-likeness (QED) is 0.715. The number of nitrogens with zero attached hydrogens (tertiary/aromatic N) is 3. The van der Waals surface area contributed by atoms with E-state index in [2.05, 4.69) is 19.3 Å². The number of esters is 1. The number of ether oxygens (including phenoxy) is 1. The molecule has 0 unspecified atom stereocenters. The SMILES string of the molecule is COC(=O)CCc1cnc2n1CCN(C(=O)c1c[nH]c3cc(F)ccc13)C2. The molecule has 0 spiro atoms. The number of amides is 1. The number of aryl methyl sites for hydroxylation is 1. The molecule has 1 aromatic carbocycles. The normalized spacial score (nSPS) is 13.6. The first-order valence-corrected chi connectivity index (χ1v) is 8.73. The van der Waals surface area contributed by atoms with Gasteiger partial charge in [0.15, 0.2) is 0 Å². The second-order valence-electron chi connectivity index (χ2n) is 6.51. The van der Waals surface area contributed by atoms with Gasteiger partial charge in [-0.1, -0.05) is 0 Å². The number of imidazole rings is 1. The number of methoxy groups -OCH3 is 1. The van der Waals surface area contributed by atoms with E-state index in [0.29, 0.717) is 48.9 Å². The molecule has 8 heteroatoms. The van der Waals surface area contributed by atoms with Crippen LogP contribution in [0.3, 0.4) is 0 Å². The molecule has 0 bridgehead atoms. The van der Waals surface area contributed by atoms with Crippen molar-refractivity contribution in [2.45, 2.75) is 25.9 Å². The summed E-state index contributed by atoms with van der Waals surface area (Å²) in [5, 5.41) is 0.703. The van der Waals surface area contributed by atoms with Gasteiger partial charge in [-0.2, -0.15) is 0 Å². The number of fused-ring (bicyclic) bond motifs is 2. The minimum absolute atomic E-state index is 0.113. The maximum atomic E-state index is 13.3. The van der Waals surface area contributed by atoms with Crippen molar-refractivity contribution < 1.29 is 18.7 Å². The molecular formula is C19H19FN4O3. The monoisotopic (exact) mass is 370 g/mol. The third kappa shape index (κ3) is 3.18. The minimum Gasteiger partial charge on any atom is -0.469 e. The number of hydrogen-bond donors (Lipinski definition) is 1. The van der Waals surface area contributed by atoms with Gasteiger partial charge in [-0.15, -0.1) is 0 Å². The van der Waals surface area contributed by atoms with Crippen LogP contribution in [-0.4, -0.2) is 45.0 Å². The van der Waals surface area contributed by atoms with Crippen LogP contribution < -0.4 is 0 Å². The van der Waals surface area contributed by atoms with E-state index in [1.807, 2.05) is 0 Å². The Kier molecular flexibility index (Phi) is 4.39. The van der Waals surface area contributed by atoms with Crippen molar-refractivity contribution >= 4 is 22.8 Å². The Hall–Kier alpha value is -3.16. The molecule has 1 aliphatic rings. The van der Waals surface area contributed by atoms with E-state index in [1.54, 1.807) is 23.4 Å².